The van der Waals surface area contributed by atoms with Crippen LogP contribution in [0.15, 0.2) is 35.1 Å². The molecule has 0 saturated carbocycles. The van der Waals surface area contributed by atoms with Crippen molar-refractivity contribution in [2.24, 2.45) is 0 Å². The lowest BCUT2D eigenvalue weighted by Gasteiger charge is -1.96. The second kappa shape index (κ2) is 3.41. The van der Waals surface area contributed by atoms with Gasteiger partial charge in [0.1, 0.15) is 0 Å². The Morgan fingerprint density at radius 3 is 2.43 bits per heavy atom. The van der Waals surface area contributed by atoms with Crippen LogP contribution in [-0.2, 0) is 6.42 Å². The van der Waals surface area contributed by atoms with Crippen LogP contribution in [0.25, 0.3) is 0 Å². The van der Waals surface area contributed by atoms with E-state index >= 15 is 0 Å². The van der Waals surface area contributed by atoms with Crippen molar-refractivity contribution in [2.75, 3.05) is 0 Å². The van der Waals surface area contributed by atoms with Gasteiger partial charge in [-0.05, 0) is 5.56 Å². The molecule has 0 fully saturated rings. The number of hydrogen-bond donors (Lipinski definition) is 3. The molecular formula is C10H10N2O2. The molecule has 0 unspecified atom stereocenters. The van der Waals surface area contributed by atoms with Crippen molar-refractivity contribution < 1.29 is 5.11 Å². The average molecular weight is 190 g/mol. The molecule has 0 amide bonds. The zero-order valence-electron chi connectivity index (χ0n) is 7.45. The monoisotopic (exact) mass is 190 g/mol. The fourth-order valence-electron chi connectivity index (χ4n) is 1.34. The number of nitrogens with one attached hydrogen (secondary N) is 2. The van der Waals surface area contributed by atoms with E-state index in [2.05, 4.69) is 10.2 Å². The highest BCUT2D eigenvalue weighted by atomic mass is 16.3. The molecule has 0 atom stereocenters. The largest absolute Gasteiger partial charge is 0.493 e. The Morgan fingerprint density at radius 2 is 1.86 bits per heavy atom. The summed E-state index contributed by atoms with van der Waals surface area (Å²) in [7, 11) is 0. The van der Waals surface area contributed by atoms with Crippen LogP contribution in [0.2, 0.25) is 0 Å². The van der Waals surface area contributed by atoms with E-state index in [1.54, 1.807) is 0 Å². The van der Waals surface area contributed by atoms with Gasteiger partial charge in [0.15, 0.2) is 0 Å². The molecule has 4 heteroatoms. The van der Waals surface area contributed by atoms with Crippen molar-refractivity contribution in [3.8, 4) is 5.88 Å². The molecule has 72 valence electrons. The molecule has 0 aliphatic heterocycles. The third-order valence-corrected chi connectivity index (χ3v) is 2.08. The molecular weight excluding hydrogens is 180 g/mol. The Morgan fingerprint density at radius 1 is 1.14 bits per heavy atom. The van der Waals surface area contributed by atoms with E-state index in [0.29, 0.717) is 12.0 Å². The fraction of sp³-hybridized carbons (Fsp3) is 0.100. The molecule has 0 bridgehead atoms. The van der Waals surface area contributed by atoms with Gasteiger partial charge in [0.25, 0.3) is 5.56 Å². The van der Waals surface area contributed by atoms with Gasteiger partial charge in [0, 0.05) is 6.42 Å². The first kappa shape index (κ1) is 8.62. The van der Waals surface area contributed by atoms with E-state index in [0.717, 1.165) is 5.56 Å². The van der Waals surface area contributed by atoms with Gasteiger partial charge >= 0.3 is 0 Å². The van der Waals surface area contributed by atoms with Crippen LogP contribution in [0.1, 0.15) is 11.1 Å². The number of H-pyrrole nitrogens is 2. The minimum absolute atomic E-state index is 0.0844. The van der Waals surface area contributed by atoms with E-state index in [9.17, 15) is 9.90 Å². The van der Waals surface area contributed by atoms with Crippen molar-refractivity contribution in [2.45, 2.75) is 6.42 Å². The SMILES string of the molecule is O=c1[nH][nH]c(O)c1Cc1ccccc1. The Kier molecular flexibility index (Phi) is 2.10. The van der Waals surface area contributed by atoms with Crippen molar-refractivity contribution in [1.82, 2.24) is 10.2 Å². The Balaban J connectivity index is 2.32. The molecule has 4 nitrogen and oxygen atoms in total. The maximum absolute atomic E-state index is 11.2. The molecule has 0 saturated heterocycles. The predicted molar refractivity (Wildman–Crippen MR) is 52.3 cm³/mol. The molecule has 2 aromatic rings. The first-order valence-corrected chi connectivity index (χ1v) is 4.30. The lowest BCUT2D eigenvalue weighted by Crippen LogP contribution is -2.05. The van der Waals surface area contributed by atoms with Gasteiger partial charge in [-0.1, -0.05) is 30.3 Å². The van der Waals surface area contributed by atoms with Crippen LogP contribution >= 0.6 is 0 Å². The molecule has 0 aliphatic carbocycles. The second-order valence-electron chi connectivity index (χ2n) is 3.07. The summed E-state index contributed by atoms with van der Waals surface area (Å²) in [4.78, 5) is 11.2. The Bertz CT molecular complexity index is 470. The maximum atomic E-state index is 11.2. The van der Waals surface area contributed by atoms with E-state index in [1.807, 2.05) is 30.3 Å². The first-order valence-electron chi connectivity index (χ1n) is 4.30. The number of benzene rings is 1. The summed E-state index contributed by atoms with van der Waals surface area (Å²) in [6.45, 7) is 0. The minimum Gasteiger partial charge on any atom is -0.493 e. The van der Waals surface area contributed by atoms with Crippen molar-refractivity contribution in [3.63, 3.8) is 0 Å². The van der Waals surface area contributed by atoms with Gasteiger partial charge in [0.05, 0.1) is 5.56 Å². The zero-order chi connectivity index (χ0) is 9.97. The summed E-state index contributed by atoms with van der Waals surface area (Å²) < 4.78 is 0. The Labute approximate surface area is 80.2 Å². The summed E-state index contributed by atoms with van der Waals surface area (Å²) in [5.41, 5.74) is 1.09. The zero-order valence-corrected chi connectivity index (χ0v) is 7.45. The van der Waals surface area contributed by atoms with Crippen LogP contribution in [-0.4, -0.2) is 15.3 Å². The molecule has 14 heavy (non-hydrogen) atoms. The lowest BCUT2D eigenvalue weighted by atomic mass is 10.1. The second-order valence-corrected chi connectivity index (χ2v) is 3.07. The number of aromatic amines is 2. The van der Waals surface area contributed by atoms with E-state index in [1.165, 1.54) is 0 Å². The first-order chi connectivity index (χ1) is 6.77. The number of aromatic nitrogens is 2. The highest BCUT2D eigenvalue weighted by Gasteiger charge is 2.08. The van der Waals surface area contributed by atoms with Crippen molar-refractivity contribution in [3.05, 3.63) is 51.8 Å². The van der Waals surface area contributed by atoms with E-state index in [-0.39, 0.29) is 11.4 Å². The maximum Gasteiger partial charge on any atom is 0.271 e. The smallest absolute Gasteiger partial charge is 0.271 e. The van der Waals surface area contributed by atoms with Crippen LogP contribution in [0.5, 0.6) is 5.88 Å². The highest BCUT2D eigenvalue weighted by molar-refractivity contribution is 5.29. The fourth-order valence-corrected chi connectivity index (χ4v) is 1.34. The third kappa shape index (κ3) is 1.54. The van der Waals surface area contributed by atoms with Gasteiger partial charge in [-0.25, -0.2) is 0 Å². The van der Waals surface area contributed by atoms with Gasteiger partial charge in [-0.3, -0.25) is 15.0 Å². The van der Waals surface area contributed by atoms with Gasteiger partial charge in [-0.2, -0.15) is 0 Å². The summed E-state index contributed by atoms with van der Waals surface area (Å²) in [6.07, 6.45) is 0.436. The van der Waals surface area contributed by atoms with Crippen molar-refractivity contribution in [1.29, 1.82) is 0 Å². The van der Waals surface area contributed by atoms with Crippen molar-refractivity contribution >= 4 is 0 Å². The number of aromatic hydroxyl groups is 1. The predicted octanol–water partition coefficient (Wildman–Crippen LogP) is 0.999. The standard InChI is InChI=1S/C10H10N2O2/c13-9-8(10(14)12-11-9)6-7-4-2-1-3-5-7/h1-5H,6H2,(H3,11,12,13,14). The molecule has 0 spiro atoms. The van der Waals surface area contributed by atoms with Gasteiger partial charge < -0.3 is 5.11 Å². The minimum atomic E-state index is -0.272. The molecule has 1 heterocycles. The Hall–Kier alpha value is -1.97. The van der Waals surface area contributed by atoms with Crippen LogP contribution in [0.4, 0.5) is 0 Å². The van der Waals surface area contributed by atoms with E-state index in [4.69, 9.17) is 0 Å². The quantitative estimate of drug-likeness (QED) is 0.661. The van der Waals surface area contributed by atoms with Crippen LogP contribution < -0.4 is 5.56 Å². The molecule has 2 rings (SSSR count). The molecule has 3 N–H and O–H groups in total. The molecule has 1 aromatic carbocycles. The molecule has 1 aromatic heterocycles. The average Bonchev–Trinajstić information content (AvgIpc) is 2.51. The third-order valence-electron chi connectivity index (χ3n) is 2.08. The molecule has 0 radical (unpaired) electrons. The van der Waals surface area contributed by atoms with Crippen LogP contribution in [0, 0.1) is 0 Å². The number of rotatable bonds is 2. The summed E-state index contributed by atoms with van der Waals surface area (Å²) in [5.74, 6) is -0.0844. The topological polar surface area (TPSA) is 68.9 Å². The molecule has 0 aliphatic rings. The summed E-state index contributed by atoms with van der Waals surface area (Å²) in [5, 5.41) is 14.0. The van der Waals surface area contributed by atoms with Gasteiger partial charge in [0.2, 0.25) is 5.88 Å². The van der Waals surface area contributed by atoms with Crippen LogP contribution in [0.3, 0.4) is 0 Å². The summed E-state index contributed by atoms with van der Waals surface area (Å²) in [6, 6.07) is 9.52. The number of hydrogen-bond acceptors (Lipinski definition) is 2. The van der Waals surface area contributed by atoms with E-state index < -0.39 is 0 Å². The summed E-state index contributed by atoms with van der Waals surface area (Å²) >= 11 is 0. The normalized spacial score (nSPS) is 10.3. The van der Waals surface area contributed by atoms with Gasteiger partial charge in [-0.15, -0.1) is 0 Å². The highest BCUT2D eigenvalue weighted by Crippen LogP contribution is 2.12. The lowest BCUT2D eigenvalue weighted by molar-refractivity contribution is 0.447.